The summed E-state index contributed by atoms with van der Waals surface area (Å²) in [4.78, 5) is 26.4. The van der Waals surface area contributed by atoms with Gasteiger partial charge in [0, 0.05) is 31.0 Å². The molecule has 0 saturated carbocycles. The van der Waals surface area contributed by atoms with Crippen LogP contribution in [0.2, 0.25) is 0 Å². The molecule has 0 unspecified atom stereocenters. The van der Waals surface area contributed by atoms with Crippen molar-refractivity contribution in [2.24, 2.45) is 5.10 Å². The number of halogens is 2. The van der Waals surface area contributed by atoms with Crippen molar-refractivity contribution in [2.45, 2.75) is 19.3 Å². The Bertz CT molecular complexity index is 928. The number of hydrazone groups is 1. The van der Waals surface area contributed by atoms with Gasteiger partial charge >= 0.3 is 0 Å². The Balaban J connectivity index is 1.67. The molecule has 0 aromatic heterocycles. The van der Waals surface area contributed by atoms with Crippen LogP contribution in [0.5, 0.6) is 0 Å². The molecule has 0 radical (unpaired) electrons. The van der Waals surface area contributed by atoms with E-state index in [2.05, 4.69) is 5.10 Å². The zero-order valence-electron chi connectivity index (χ0n) is 13.8. The third-order valence-electron chi connectivity index (χ3n) is 4.54. The van der Waals surface area contributed by atoms with Gasteiger partial charge in [-0.2, -0.15) is 5.10 Å². The van der Waals surface area contributed by atoms with E-state index in [-0.39, 0.29) is 36.7 Å². The van der Waals surface area contributed by atoms with Crippen molar-refractivity contribution in [3.05, 3.63) is 59.7 Å². The fourth-order valence-electron chi connectivity index (χ4n) is 3.27. The first-order valence-corrected chi connectivity index (χ1v) is 8.30. The van der Waals surface area contributed by atoms with Gasteiger partial charge in [-0.1, -0.05) is 18.2 Å². The van der Waals surface area contributed by atoms with Gasteiger partial charge in [-0.15, -0.1) is 0 Å². The molecule has 2 aromatic carbocycles. The first kappa shape index (κ1) is 16.4. The fourth-order valence-corrected chi connectivity index (χ4v) is 3.27. The second-order valence-electron chi connectivity index (χ2n) is 6.18. The minimum Gasteiger partial charge on any atom is -0.306 e. The van der Waals surface area contributed by atoms with Crippen LogP contribution in [-0.4, -0.2) is 24.1 Å². The summed E-state index contributed by atoms with van der Waals surface area (Å²) in [5.74, 6) is -2.01. The molecule has 4 rings (SSSR count). The van der Waals surface area contributed by atoms with E-state index in [0.717, 1.165) is 12.1 Å². The van der Waals surface area contributed by atoms with E-state index in [9.17, 15) is 18.4 Å². The van der Waals surface area contributed by atoms with Gasteiger partial charge in [-0.05, 0) is 24.6 Å². The Morgan fingerprint density at radius 1 is 1.04 bits per heavy atom. The smallest absolute Gasteiger partial charge is 0.274 e. The molecule has 7 heteroatoms. The number of anilines is 2. The molecule has 0 N–H and O–H groups in total. The molecule has 2 amide bonds. The Kier molecular flexibility index (Phi) is 3.99. The first-order valence-electron chi connectivity index (χ1n) is 8.30. The van der Waals surface area contributed by atoms with Crippen LogP contribution in [0.15, 0.2) is 47.6 Å². The molecule has 0 aliphatic carbocycles. The van der Waals surface area contributed by atoms with Crippen LogP contribution in [0.25, 0.3) is 0 Å². The minimum atomic E-state index is -0.729. The summed E-state index contributed by atoms with van der Waals surface area (Å²) in [7, 11) is 0. The van der Waals surface area contributed by atoms with E-state index in [0.29, 0.717) is 17.7 Å². The largest absolute Gasteiger partial charge is 0.306 e. The highest BCUT2D eigenvalue weighted by Crippen LogP contribution is 2.32. The summed E-state index contributed by atoms with van der Waals surface area (Å²) in [5.41, 5.74) is 1.33. The lowest BCUT2D eigenvalue weighted by Crippen LogP contribution is -2.41. The Labute approximate surface area is 148 Å². The molecule has 0 atom stereocenters. The van der Waals surface area contributed by atoms with Gasteiger partial charge in [0.25, 0.3) is 5.91 Å². The van der Waals surface area contributed by atoms with E-state index in [4.69, 9.17) is 0 Å². The van der Waals surface area contributed by atoms with Gasteiger partial charge in [0.15, 0.2) is 0 Å². The number of benzene rings is 2. The number of nitrogens with zero attached hydrogens (tertiary/aromatic N) is 3. The van der Waals surface area contributed by atoms with Crippen molar-refractivity contribution in [3.63, 3.8) is 0 Å². The Morgan fingerprint density at radius 2 is 1.81 bits per heavy atom. The van der Waals surface area contributed by atoms with Crippen LogP contribution in [0, 0.1) is 11.6 Å². The van der Waals surface area contributed by atoms with E-state index in [1.165, 1.54) is 9.91 Å². The van der Waals surface area contributed by atoms with Crippen molar-refractivity contribution in [3.8, 4) is 0 Å². The SMILES string of the molecule is O=C(C1=NN(c2ccccc2)C(=O)CC1)N1CCc2c(F)cc(F)cc21. The number of fused-ring (bicyclic) bond motifs is 1. The predicted octanol–water partition coefficient (Wildman–Crippen LogP) is 3.04. The second kappa shape index (κ2) is 6.33. The zero-order valence-corrected chi connectivity index (χ0v) is 13.8. The molecular formula is C19H15F2N3O2. The summed E-state index contributed by atoms with van der Waals surface area (Å²) < 4.78 is 27.5. The molecule has 2 aliphatic rings. The maximum atomic E-state index is 13.9. The number of amides is 2. The molecule has 2 heterocycles. The highest BCUT2D eigenvalue weighted by molar-refractivity contribution is 6.45. The normalized spacial score (nSPS) is 16.5. The molecule has 0 spiro atoms. The van der Waals surface area contributed by atoms with Crippen molar-refractivity contribution in [2.75, 3.05) is 16.5 Å². The molecule has 0 saturated heterocycles. The van der Waals surface area contributed by atoms with Gasteiger partial charge in [0.2, 0.25) is 5.91 Å². The van der Waals surface area contributed by atoms with Crippen LogP contribution < -0.4 is 9.91 Å². The third-order valence-corrected chi connectivity index (χ3v) is 4.54. The van der Waals surface area contributed by atoms with Crippen molar-refractivity contribution >= 4 is 28.9 Å². The lowest BCUT2D eigenvalue weighted by atomic mass is 10.1. The van der Waals surface area contributed by atoms with Gasteiger partial charge in [-0.3, -0.25) is 9.59 Å². The number of carbonyl (C=O) groups is 2. The van der Waals surface area contributed by atoms with Gasteiger partial charge < -0.3 is 4.90 Å². The molecule has 2 aliphatic heterocycles. The molecular weight excluding hydrogens is 340 g/mol. The quantitative estimate of drug-likeness (QED) is 0.831. The molecule has 132 valence electrons. The van der Waals surface area contributed by atoms with Crippen molar-refractivity contribution < 1.29 is 18.4 Å². The average Bonchev–Trinajstić information content (AvgIpc) is 3.06. The zero-order chi connectivity index (χ0) is 18.3. The summed E-state index contributed by atoms with van der Waals surface area (Å²) in [6, 6.07) is 10.8. The summed E-state index contributed by atoms with van der Waals surface area (Å²) in [5, 5.41) is 5.43. The fraction of sp³-hybridized carbons (Fsp3) is 0.211. The molecule has 0 fully saturated rings. The molecule has 26 heavy (non-hydrogen) atoms. The predicted molar refractivity (Wildman–Crippen MR) is 93.0 cm³/mol. The van der Waals surface area contributed by atoms with E-state index in [1.54, 1.807) is 24.3 Å². The van der Waals surface area contributed by atoms with Gasteiger partial charge in [0.1, 0.15) is 17.3 Å². The summed E-state index contributed by atoms with van der Waals surface area (Å²) in [6.07, 6.45) is 0.671. The molecule has 0 bridgehead atoms. The monoisotopic (exact) mass is 355 g/mol. The highest BCUT2D eigenvalue weighted by atomic mass is 19.1. The average molecular weight is 355 g/mol. The summed E-state index contributed by atoms with van der Waals surface area (Å²) in [6.45, 7) is 0.257. The number of hydrogen-bond acceptors (Lipinski definition) is 3. The van der Waals surface area contributed by atoms with Crippen LogP contribution in [0.1, 0.15) is 18.4 Å². The first-order chi connectivity index (χ1) is 12.5. The van der Waals surface area contributed by atoms with Gasteiger partial charge in [0.05, 0.1) is 11.4 Å². The highest BCUT2D eigenvalue weighted by Gasteiger charge is 2.33. The Hall–Kier alpha value is -3.09. The second-order valence-corrected chi connectivity index (χ2v) is 6.18. The van der Waals surface area contributed by atoms with E-state index in [1.807, 2.05) is 6.07 Å². The van der Waals surface area contributed by atoms with E-state index >= 15 is 0 Å². The van der Waals surface area contributed by atoms with Crippen molar-refractivity contribution in [1.29, 1.82) is 0 Å². The molecule has 5 nitrogen and oxygen atoms in total. The lowest BCUT2D eigenvalue weighted by molar-refractivity contribution is -0.118. The number of hydrogen-bond donors (Lipinski definition) is 0. The minimum absolute atomic E-state index is 0.150. The van der Waals surface area contributed by atoms with Crippen LogP contribution in [-0.2, 0) is 16.0 Å². The standard InChI is InChI=1S/C19H15F2N3O2/c20-12-10-15(21)14-8-9-23(17(14)11-12)19(26)16-6-7-18(25)24(22-16)13-4-2-1-3-5-13/h1-5,10-11H,6-9H2. The summed E-state index contributed by atoms with van der Waals surface area (Å²) >= 11 is 0. The third kappa shape index (κ3) is 2.75. The molecule has 2 aromatic rings. The van der Waals surface area contributed by atoms with Crippen LogP contribution in [0.3, 0.4) is 0 Å². The van der Waals surface area contributed by atoms with Crippen LogP contribution in [0.4, 0.5) is 20.2 Å². The van der Waals surface area contributed by atoms with Gasteiger partial charge in [-0.25, -0.2) is 13.8 Å². The number of carbonyl (C=O) groups excluding carboxylic acids is 2. The Morgan fingerprint density at radius 3 is 2.58 bits per heavy atom. The maximum absolute atomic E-state index is 13.9. The lowest BCUT2D eigenvalue weighted by Gasteiger charge is -2.25. The van der Waals surface area contributed by atoms with E-state index < -0.39 is 17.5 Å². The van der Waals surface area contributed by atoms with Crippen molar-refractivity contribution in [1.82, 2.24) is 0 Å². The number of para-hydroxylation sites is 1. The maximum Gasteiger partial charge on any atom is 0.274 e. The van der Waals surface area contributed by atoms with Crippen LogP contribution >= 0.6 is 0 Å². The number of rotatable bonds is 2. The topological polar surface area (TPSA) is 53.0 Å².